The van der Waals surface area contributed by atoms with Crippen molar-refractivity contribution < 1.29 is 19.7 Å². The fraction of sp³-hybridized carbons (Fsp3) is 0.333. The molecule has 0 aliphatic carbocycles. The van der Waals surface area contributed by atoms with E-state index >= 15 is 0 Å². The highest BCUT2D eigenvalue weighted by Crippen LogP contribution is 2.39. The van der Waals surface area contributed by atoms with Crippen LogP contribution in [-0.4, -0.2) is 52.4 Å². The van der Waals surface area contributed by atoms with Crippen LogP contribution in [0.25, 0.3) is 0 Å². The van der Waals surface area contributed by atoms with E-state index in [2.05, 4.69) is 4.98 Å². The number of hydrogen-bond donors (Lipinski definition) is 2. The summed E-state index contributed by atoms with van der Waals surface area (Å²) in [6.45, 7) is 0.340. The average Bonchev–Trinajstić information content (AvgIpc) is 2.70. The van der Waals surface area contributed by atoms with Gasteiger partial charge in [-0.05, 0) is 24.1 Å². The fourth-order valence-electron chi connectivity index (χ4n) is 3.64. The number of aromatic hydroxyl groups is 1. The van der Waals surface area contributed by atoms with Gasteiger partial charge in [0.15, 0.2) is 11.5 Å². The standard InChI is InChI=1S/C18H19N3O4/c1-20-13-8-15(22)16(25-2)7-11(13)17(23)21-9-12-10(4-3-5-19-12)6-14(21)18(20)24/h3-5,7-8,14,18,22,24H,6,9H2,1-2H3/t14-,18?/m1/s1. The lowest BCUT2D eigenvalue weighted by Crippen LogP contribution is -2.53. The third-order valence-electron chi connectivity index (χ3n) is 5.04. The molecule has 1 unspecified atom stereocenters. The van der Waals surface area contributed by atoms with Crippen molar-refractivity contribution in [2.24, 2.45) is 0 Å². The zero-order chi connectivity index (χ0) is 17.7. The molecule has 1 aromatic carbocycles. The molecule has 0 radical (unpaired) electrons. The van der Waals surface area contributed by atoms with Crippen LogP contribution in [0.5, 0.6) is 11.5 Å². The molecule has 0 saturated heterocycles. The van der Waals surface area contributed by atoms with E-state index in [1.165, 1.54) is 19.2 Å². The molecule has 1 aromatic heterocycles. The van der Waals surface area contributed by atoms with Gasteiger partial charge in [0.2, 0.25) is 0 Å². The third-order valence-corrected chi connectivity index (χ3v) is 5.04. The Hall–Kier alpha value is -2.80. The largest absolute Gasteiger partial charge is 0.504 e. The minimum atomic E-state index is -0.897. The summed E-state index contributed by atoms with van der Waals surface area (Å²) in [5.74, 6) is -0.0556. The van der Waals surface area contributed by atoms with E-state index in [9.17, 15) is 15.0 Å². The van der Waals surface area contributed by atoms with Crippen LogP contribution < -0.4 is 9.64 Å². The smallest absolute Gasteiger partial charge is 0.256 e. The molecule has 0 saturated carbocycles. The second-order valence-corrected chi connectivity index (χ2v) is 6.38. The maximum atomic E-state index is 13.2. The number of anilines is 1. The maximum absolute atomic E-state index is 13.2. The molecule has 7 nitrogen and oxygen atoms in total. The van der Waals surface area contributed by atoms with E-state index < -0.39 is 12.3 Å². The monoisotopic (exact) mass is 341 g/mol. The Labute approximate surface area is 145 Å². The van der Waals surface area contributed by atoms with Gasteiger partial charge in [0, 0.05) is 19.3 Å². The number of phenols is 1. The number of aliphatic hydroxyl groups excluding tert-OH is 1. The van der Waals surface area contributed by atoms with Gasteiger partial charge in [0.05, 0.1) is 36.6 Å². The number of aromatic nitrogens is 1. The van der Waals surface area contributed by atoms with Crippen molar-refractivity contribution in [1.29, 1.82) is 0 Å². The van der Waals surface area contributed by atoms with E-state index in [0.717, 1.165) is 11.3 Å². The van der Waals surface area contributed by atoms with Crippen LogP contribution in [0.2, 0.25) is 0 Å². The van der Waals surface area contributed by atoms with Crippen molar-refractivity contribution >= 4 is 11.6 Å². The van der Waals surface area contributed by atoms with Crippen LogP contribution in [0.15, 0.2) is 30.5 Å². The molecular formula is C18H19N3O4. The van der Waals surface area contributed by atoms with Crippen LogP contribution in [-0.2, 0) is 13.0 Å². The van der Waals surface area contributed by atoms with Gasteiger partial charge in [-0.2, -0.15) is 0 Å². The number of aliphatic hydroxyl groups is 1. The molecule has 0 bridgehead atoms. The maximum Gasteiger partial charge on any atom is 0.256 e. The first kappa shape index (κ1) is 15.7. The number of pyridine rings is 1. The van der Waals surface area contributed by atoms with Gasteiger partial charge < -0.3 is 24.7 Å². The van der Waals surface area contributed by atoms with Gasteiger partial charge in [0.1, 0.15) is 6.23 Å². The van der Waals surface area contributed by atoms with Gasteiger partial charge in [0.25, 0.3) is 5.91 Å². The van der Waals surface area contributed by atoms with Crippen LogP contribution in [0.4, 0.5) is 5.69 Å². The molecule has 1 amide bonds. The molecule has 7 heteroatoms. The number of amides is 1. The van der Waals surface area contributed by atoms with Gasteiger partial charge in [-0.3, -0.25) is 9.78 Å². The van der Waals surface area contributed by atoms with Crippen molar-refractivity contribution in [2.45, 2.75) is 25.2 Å². The molecular weight excluding hydrogens is 322 g/mol. The Morgan fingerprint density at radius 2 is 2.16 bits per heavy atom. The van der Waals surface area contributed by atoms with Gasteiger partial charge in [-0.15, -0.1) is 0 Å². The Morgan fingerprint density at radius 1 is 1.36 bits per heavy atom. The number of methoxy groups -OCH3 is 1. The lowest BCUT2D eigenvalue weighted by molar-refractivity contribution is 0.0319. The van der Waals surface area contributed by atoms with Crippen molar-refractivity contribution in [3.8, 4) is 11.5 Å². The summed E-state index contributed by atoms with van der Waals surface area (Å²) in [4.78, 5) is 20.8. The number of rotatable bonds is 1. The number of hydrogen-bond acceptors (Lipinski definition) is 6. The molecule has 3 heterocycles. The molecule has 4 rings (SSSR count). The zero-order valence-electron chi connectivity index (χ0n) is 14.0. The number of phenolic OH excluding ortho intramolecular Hbond substituents is 1. The minimum absolute atomic E-state index is 0.0714. The van der Waals surface area contributed by atoms with E-state index in [4.69, 9.17) is 4.74 Å². The van der Waals surface area contributed by atoms with Crippen LogP contribution in [0.3, 0.4) is 0 Å². The van der Waals surface area contributed by atoms with Crippen LogP contribution in [0.1, 0.15) is 21.6 Å². The van der Waals surface area contributed by atoms with Gasteiger partial charge in [-0.1, -0.05) is 6.07 Å². The molecule has 2 aliphatic rings. The number of carbonyl (C=O) groups is 1. The van der Waals surface area contributed by atoms with Crippen LogP contribution >= 0.6 is 0 Å². The lowest BCUT2D eigenvalue weighted by Gasteiger charge is -2.39. The summed E-state index contributed by atoms with van der Waals surface area (Å²) in [6, 6.07) is 6.42. The Kier molecular flexibility index (Phi) is 3.54. The van der Waals surface area contributed by atoms with Crippen molar-refractivity contribution in [2.75, 3.05) is 19.1 Å². The zero-order valence-corrected chi connectivity index (χ0v) is 14.0. The van der Waals surface area contributed by atoms with E-state index in [-0.39, 0.29) is 17.4 Å². The molecule has 2 N–H and O–H groups in total. The first-order valence-corrected chi connectivity index (χ1v) is 8.07. The summed E-state index contributed by atoms with van der Waals surface area (Å²) < 4.78 is 5.14. The highest BCUT2D eigenvalue weighted by molar-refractivity contribution is 6.01. The number of benzene rings is 1. The number of likely N-dealkylation sites (N-methyl/N-ethyl adjacent to an activating group) is 1. The number of ether oxygens (including phenoxy) is 1. The normalized spacial score (nSPS) is 22.0. The molecule has 2 aliphatic heterocycles. The predicted octanol–water partition coefficient (Wildman–Crippen LogP) is 1.13. The van der Waals surface area contributed by atoms with Crippen molar-refractivity contribution in [3.05, 3.63) is 47.3 Å². The van der Waals surface area contributed by atoms with Gasteiger partial charge >= 0.3 is 0 Å². The minimum Gasteiger partial charge on any atom is -0.504 e. The topological polar surface area (TPSA) is 86.1 Å². The number of nitrogens with zero attached hydrogens (tertiary/aromatic N) is 3. The van der Waals surface area contributed by atoms with Crippen molar-refractivity contribution in [1.82, 2.24) is 9.88 Å². The second-order valence-electron chi connectivity index (χ2n) is 6.38. The second kappa shape index (κ2) is 5.63. The number of fused-ring (bicyclic) bond motifs is 3. The predicted molar refractivity (Wildman–Crippen MR) is 90.7 cm³/mol. The molecule has 2 atom stereocenters. The molecule has 2 aromatic rings. The molecule has 130 valence electrons. The quantitative estimate of drug-likeness (QED) is 0.809. The summed E-state index contributed by atoms with van der Waals surface area (Å²) in [5.41, 5.74) is 2.74. The van der Waals surface area contributed by atoms with Crippen LogP contribution in [0, 0.1) is 0 Å². The summed E-state index contributed by atoms with van der Waals surface area (Å²) in [5, 5.41) is 20.9. The highest BCUT2D eigenvalue weighted by atomic mass is 16.5. The first-order valence-electron chi connectivity index (χ1n) is 8.07. The molecule has 0 fully saturated rings. The number of carbonyl (C=O) groups excluding carboxylic acids is 1. The van der Waals surface area contributed by atoms with Gasteiger partial charge in [-0.25, -0.2) is 0 Å². The fourth-order valence-corrected chi connectivity index (χ4v) is 3.64. The molecule has 0 spiro atoms. The first-order chi connectivity index (χ1) is 12.0. The third kappa shape index (κ3) is 2.31. The Morgan fingerprint density at radius 3 is 2.92 bits per heavy atom. The van der Waals surface area contributed by atoms with Crippen molar-refractivity contribution in [3.63, 3.8) is 0 Å². The SMILES string of the molecule is COc1cc2c(cc1O)N(C)C(O)[C@H]1Cc3cccnc3CN1C2=O. The summed E-state index contributed by atoms with van der Waals surface area (Å²) in [7, 11) is 3.15. The summed E-state index contributed by atoms with van der Waals surface area (Å²) >= 11 is 0. The van der Waals surface area contributed by atoms with E-state index in [0.29, 0.717) is 24.2 Å². The highest BCUT2D eigenvalue weighted by Gasteiger charge is 2.41. The molecule has 25 heavy (non-hydrogen) atoms. The Balaban J connectivity index is 1.85. The average molecular weight is 341 g/mol. The lowest BCUT2D eigenvalue weighted by atomic mass is 9.96. The Bertz CT molecular complexity index is 854. The van der Waals surface area contributed by atoms with E-state index in [1.54, 1.807) is 23.0 Å². The van der Waals surface area contributed by atoms with E-state index in [1.807, 2.05) is 12.1 Å². The summed E-state index contributed by atoms with van der Waals surface area (Å²) in [6.07, 6.45) is 1.34.